The van der Waals surface area contributed by atoms with Gasteiger partial charge in [0.25, 0.3) is 5.91 Å². The first-order valence-corrected chi connectivity index (χ1v) is 11.6. The molecule has 9 heteroatoms. The lowest BCUT2D eigenvalue weighted by molar-refractivity contribution is 0.0925. The molecule has 0 bridgehead atoms. The number of piperidine rings is 1. The number of nitrogens with one attached hydrogen (secondary N) is 1. The lowest BCUT2D eigenvalue weighted by atomic mass is 9.95. The van der Waals surface area contributed by atoms with Crippen LogP contribution in [-0.2, 0) is 12.8 Å². The third-order valence-corrected chi connectivity index (χ3v) is 6.58. The maximum atomic E-state index is 13.2. The van der Waals surface area contributed by atoms with E-state index in [0.717, 1.165) is 50.4 Å². The molecule has 8 nitrogen and oxygen atoms in total. The van der Waals surface area contributed by atoms with E-state index in [-0.39, 0.29) is 17.8 Å². The van der Waals surface area contributed by atoms with Gasteiger partial charge in [-0.1, -0.05) is 5.21 Å². The number of hydrogen-bond donors (Lipinski definition) is 1. The number of nitrogens with zero attached hydrogens (tertiary/aromatic N) is 6. The van der Waals surface area contributed by atoms with Crippen molar-refractivity contribution in [3.8, 4) is 5.69 Å². The van der Waals surface area contributed by atoms with Crippen molar-refractivity contribution in [2.24, 2.45) is 0 Å². The van der Waals surface area contributed by atoms with E-state index in [4.69, 9.17) is 4.98 Å². The molecule has 33 heavy (non-hydrogen) atoms. The molecule has 1 aliphatic heterocycles. The summed E-state index contributed by atoms with van der Waals surface area (Å²) in [7, 11) is 0. The Morgan fingerprint density at radius 2 is 1.79 bits per heavy atom. The largest absolute Gasteiger partial charge is 0.356 e. The molecule has 0 saturated carbocycles. The zero-order valence-electron chi connectivity index (χ0n) is 19.0. The Balaban J connectivity index is 1.24. The van der Waals surface area contributed by atoms with E-state index < -0.39 is 0 Å². The lowest BCUT2D eigenvalue weighted by Crippen LogP contribution is -2.45. The van der Waals surface area contributed by atoms with Gasteiger partial charge in [-0.15, -0.1) is 5.10 Å². The molecule has 0 spiro atoms. The Labute approximate surface area is 192 Å². The number of carbonyl (C=O) groups is 1. The van der Waals surface area contributed by atoms with Gasteiger partial charge in [0.2, 0.25) is 0 Å². The summed E-state index contributed by atoms with van der Waals surface area (Å²) in [6, 6.07) is 6.02. The molecular formula is C24H28FN7O. The van der Waals surface area contributed by atoms with E-state index in [1.165, 1.54) is 36.2 Å². The molecule has 2 aromatic heterocycles. The monoisotopic (exact) mass is 449 g/mol. The minimum atomic E-state index is -0.321. The highest BCUT2D eigenvalue weighted by molar-refractivity contribution is 5.93. The van der Waals surface area contributed by atoms with Crippen molar-refractivity contribution in [2.45, 2.75) is 58.4 Å². The molecule has 1 N–H and O–H groups in total. The standard InChI is InChI=1S/C24H28FN7O/c1-15-22(29-30-32(15)19-9-7-17(25)8-10-19)24(33)28-18-11-13-31(14-12-18)23-20-5-3-4-6-21(20)26-16(2)27-23/h7-10,18H,3-6,11-14H2,1-2H3,(H,28,33). The van der Waals surface area contributed by atoms with Crippen LogP contribution in [0.3, 0.4) is 0 Å². The fourth-order valence-electron chi connectivity index (χ4n) is 4.81. The van der Waals surface area contributed by atoms with E-state index >= 15 is 0 Å². The second-order valence-corrected chi connectivity index (χ2v) is 8.87. The fraction of sp³-hybridized carbons (Fsp3) is 0.458. The molecule has 2 aliphatic rings. The van der Waals surface area contributed by atoms with Gasteiger partial charge in [0.15, 0.2) is 5.69 Å². The molecular weight excluding hydrogens is 421 g/mol. The summed E-state index contributed by atoms with van der Waals surface area (Å²) in [5.74, 6) is 1.37. The third-order valence-electron chi connectivity index (χ3n) is 6.58. The van der Waals surface area contributed by atoms with Crippen LogP contribution < -0.4 is 10.2 Å². The van der Waals surface area contributed by atoms with Gasteiger partial charge in [0.05, 0.1) is 11.4 Å². The number of aryl methyl sites for hydroxylation is 2. The molecule has 0 radical (unpaired) electrons. The normalized spacial score (nSPS) is 16.5. The Bertz CT molecular complexity index is 1170. The van der Waals surface area contributed by atoms with E-state index in [9.17, 15) is 9.18 Å². The first-order chi connectivity index (χ1) is 16.0. The first kappa shape index (κ1) is 21.5. The van der Waals surface area contributed by atoms with Gasteiger partial charge in [-0.3, -0.25) is 4.79 Å². The van der Waals surface area contributed by atoms with Gasteiger partial charge in [-0.05, 0) is 76.6 Å². The van der Waals surface area contributed by atoms with Crippen LogP contribution in [0.2, 0.25) is 0 Å². The van der Waals surface area contributed by atoms with Crippen molar-refractivity contribution in [2.75, 3.05) is 18.0 Å². The number of carbonyl (C=O) groups excluding carboxylic acids is 1. The molecule has 1 fully saturated rings. The number of halogens is 1. The molecule has 3 heterocycles. The van der Waals surface area contributed by atoms with Crippen molar-refractivity contribution in [1.29, 1.82) is 0 Å². The molecule has 1 aliphatic carbocycles. The predicted molar refractivity (Wildman–Crippen MR) is 122 cm³/mol. The van der Waals surface area contributed by atoms with E-state index in [0.29, 0.717) is 17.1 Å². The van der Waals surface area contributed by atoms with E-state index in [1.807, 2.05) is 6.92 Å². The van der Waals surface area contributed by atoms with Gasteiger partial charge in [0, 0.05) is 30.4 Å². The number of benzene rings is 1. The van der Waals surface area contributed by atoms with Gasteiger partial charge in [-0.2, -0.15) is 0 Å². The zero-order valence-corrected chi connectivity index (χ0v) is 19.0. The minimum Gasteiger partial charge on any atom is -0.356 e. The van der Waals surface area contributed by atoms with Gasteiger partial charge < -0.3 is 10.2 Å². The van der Waals surface area contributed by atoms with Crippen molar-refractivity contribution in [1.82, 2.24) is 30.3 Å². The van der Waals surface area contributed by atoms with E-state index in [2.05, 4.69) is 25.5 Å². The summed E-state index contributed by atoms with van der Waals surface area (Å²) in [6.45, 7) is 5.44. The summed E-state index contributed by atoms with van der Waals surface area (Å²) in [6.07, 6.45) is 6.16. The Hall–Kier alpha value is -3.36. The number of anilines is 1. The summed E-state index contributed by atoms with van der Waals surface area (Å²) in [5, 5.41) is 11.3. The maximum absolute atomic E-state index is 13.2. The van der Waals surface area contributed by atoms with Crippen LogP contribution in [0.25, 0.3) is 5.69 Å². The number of rotatable bonds is 4. The quantitative estimate of drug-likeness (QED) is 0.659. The second-order valence-electron chi connectivity index (χ2n) is 8.87. The van der Waals surface area contributed by atoms with Crippen LogP contribution in [-0.4, -0.2) is 50.0 Å². The predicted octanol–water partition coefficient (Wildman–Crippen LogP) is 3.09. The Morgan fingerprint density at radius 1 is 1.06 bits per heavy atom. The van der Waals surface area contributed by atoms with Gasteiger partial charge in [0.1, 0.15) is 17.5 Å². The lowest BCUT2D eigenvalue weighted by Gasteiger charge is -2.35. The number of amides is 1. The molecule has 1 saturated heterocycles. The molecule has 5 rings (SSSR count). The molecule has 3 aromatic rings. The summed E-state index contributed by atoms with van der Waals surface area (Å²) in [5.41, 5.74) is 4.10. The van der Waals surface area contributed by atoms with Gasteiger partial charge >= 0.3 is 0 Å². The van der Waals surface area contributed by atoms with Crippen LogP contribution in [0.1, 0.15) is 58.9 Å². The van der Waals surface area contributed by atoms with Crippen LogP contribution in [0.4, 0.5) is 10.2 Å². The Morgan fingerprint density at radius 3 is 2.55 bits per heavy atom. The number of fused-ring (bicyclic) bond motifs is 1. The third kappa shape index (κ3) is 4.31. The molecule has 172 valence electrons. The van der Waals surface area contributed by atoms with Crippen LogP contribution in [0, 0.1) is 19.7 Å². The van der Waals surface area contributed by atoms with Crippen LogP contribution in [0.15, 0.2) is 24.3 Å². The molecule has 1 aromatic carbocycles. The van der Waals surface area contributed by atoms with Crippen molar-refractivity contribution in [3.05, 3.63) is 58.6 Å². The SMILES string of the molecule is Cc1nc2c(c(N3CCC(NC(=O)c4nnn(-c5ccc(F)cc5)c4C)CC3)n1)CCCC2. The van der Waals surface area contributed by atoms with Crippen molar-refractivity contribution in [3.63, 3.8) is 0 Å². The highest BCUT2D eigenvalue weighted by Gasteiger charge is 2.27. The number of aromatic nitrogens is 5. The van der Waals surface area contributed by atoms with Crippen molar-refractivity contribution < 1.29 is 9.18 Å². The Kier molecular flexibility index (Phi) is 5.78. The first-order valence-electron chi connectivity index (χ1n) is 11.6. The highest BCUT2D eigenvalue weighted by atomic mass is 19.1. The van der Waals surface area contributed by atoms with E-state index in [1.54, 1.807) is 23.7 Å². The molecule has 0 unspecified atom stereocenters. The maximum Gasteiger partial charge on any atom is 0.273 e. The average Bonchev–Trinajstić information content (AvgIpc) is 3.21. The smallest absolute Gasteiger partial charge is 0.273 e. The van der Waals surface area contributed by atoms with Crippen molar-refractivity contribution >= 4 is 11.7 Å². The topological polar surface area (TPSA) is 88.8 Å². The minimum absolute atomic E-state index is 0.0721. The van der Waals surface area contributed by atoms with Gasteiger partial charge in [-0.25, -0.2) is 19.0 Å². The summed E-state index contributed by atoms with van der Waals surface area (Å²) in [4.78, 5) is 24.7. The molecule has 0 atom stereocenters. The highest BCUT2D eigenvalue weighted by Crippen LogP contribution is 2.29. The number of hydrogen-bond acceptors (Lipinski definition) is 6. The summed E-state index contributed by atoms with van der Waals surface area (Å²) >= 11 is 0. The molecule has 1 amide bonds. The summed E-state index contributed by atoms with van der Waals surface area (Å²) < 4.78 is 14.8. The van der Waals surface area contributed by atoms with Crippen LogP contribution >= 0.6 is 0 Å². The zero-order chi connectivity index (χ0) is 22.9. The van der Waals surface area contributed by atoms with Crippen LogP contribution in [0.5, 0.6) is 0 Å². The fourth-order valence-corrected chi connectivity index (χ4v) is 4.81. The second kappa shape index (κ2) is 8.88. The average molecular weight is 450 g/mol.